The average Bonchev–Trinajstić information content (AvgIpc) is 2.01. The minimum atomic E-state index is 0.613. The summed E-state index contributed by atoms with van der Waals surface area (Å²) >= 11 is 0. The van der Waals surface area contributed by atoms with Crippen molar-refractivity contribution in [3.05, 3.63) is 22.8 Å². The maximum atomic E-state index is 5.42. The van der Waals surface area contributed by atoms with Gasteiger partial charge in [0.1, 0.15) is 5.82 Å². The van der Waals surface area contributed by atoms with Crippen LogP contribution in [0.3, 0.4) is 0 Å². The molecule has 0 unspecified atom stereocenters. The predicted octanol–water partition coefficient (Wildman–Crippen LogP) is 0.903. The van der Waals surface area contributed by atoms with Gasteiger partial charge in [0, 0.05) is 17.8 Å². The lowest BCUT2D eigenvalue weighted by molar-refractivity contribution is 0.834. The molecule has 1 aromatic rings. The quantitative estimate of drug-likeness (QED) is 0.708. The molecule has 3 heteroatoms. The highest BCUT2D eigenvalue weighted by Crippen LogP contribution is 2.07. The van der Waals surface area contributed by atoms with Gasteiger partial charge in [-0.25, -0.2) is 9.97 Å². The van der Waals surface area contributed by atoms with Gasteiger partial charge in [-0.2, -0.15) is 0 Å². The fourth-order valence-corrected chi connectivity index (χ4v) is 1.08. The van der Waals surface area contributed by atoms with E-state index in [0.29, 0.717) is 6.54 Å². The SMILES string of the molecule is Cc1nc(CCN)nc(C)c1C. The summed E-state index contributed by atoms with van der Waals surface area (Å²) in [4.78, 5) is 8.66. The second-order valence-electron chi connectivity index (χ2n) is 2.97. The van der Waals surface area contributed by atoms with Gasteiger partial charge in [-0.15, -0.1) is 0 Å². The largest absolute Gasteiger partial charge is 0.330 e. The maximum Gasteiger partial charge on any atom is 0.130 e. The smallest absolute Gasteiger partial charge is 0.130 e. The highest BCUT2D eigenvalue weighted by molar-refractivity contribution is 5.22. The summed E-state index contributed by atoms with van der Waals surface area (Å²) in [5.41, 5.74) is 8.72. The van der Waals surface area contributed by atoms with Crippen molar-refractivity contribution >= 4 is 0 Å². The third-order valence-corrected chi connectivity index (χ3v) is 2.05. The van der Waals surface area contributed by atoms with Crippen molar-refractivity contribution in [2.75, 3.05) is 6.54 Å². The highest BCUT2D eigenvalue weighted by Gasteiger charge is 2.02. The molecule has 0 aliphatic rings. The molecule has 0 amide bonds. The average molecular weight is 165 g/mol. The van der Waals surface area contributed by atoms with Crippen LogP contribution < -0.4 is 5.73 Å². The summed E-state index contributed by atoms with van der Waals surface area (Å²) in [6, 6.07) is 0. The fraction of sp³-hybridized carbons (Fsp3) is 0.556. The van der Waals surface area contributed by atoms with Crippen molar-refractivity contribution in [3.63, 3.8) is 0 Å². The number of rotatable bonds is 2. The first-order valence-corrected chi connectivity index (χ1v) is 4.16. The molecule has 0 aromatic carbocycles. The van der Waals surface area contributed by atoms with E-state index in [0.717, 1.165) is 23.6 Å². The summed E-state index contributed by atoms with van der Waals surface area (Å²) < 4.78 is 0. The van der Waals surface area contributed by atoms with Crippen molar-refractivity contribution in [2.24, 2.45) is 5.73 Å². The van der Waals surface area contributed by atoms with Gasteiger partial charge in [0.05, 0.1) is 0 Å². The number of hydrogen-bond acceptors (Lipinski definition) is 3. The lowest BCUT2D eigenvalue weighted by Gasteiger charge is -2.05. The molecule has 1 aromatic heterocycles. The molecule has 0 spiro atoms. The molecule has 66 valence electrons. The van der Waals surface area contributed by atoms with Crippen LogP contribution in [-0.2, 0) is 6.42 Å². The fourth-order valence-electron chi connectivity index (χ4n) is 1.08. The first-order chi connectivity index (χ1) is 5.65. The first-order valence-electron chi connectivity index (χ1n) is 4.16. The number of nitrogens with zero attached hydrogens (tertiary/aromatic N) is 2. The molecule has 0 aliphatic heterocycles. The number of aromatic nitrogens is 2. The standard InChI is InChI=1S/C9H15N3/c1-6-7(2)11-9(4-5-10)12-8(6)3/h4-5,10H2,1-3H3. The number of nitrogens with two attached hydrogens (primary N) is 1. The van der Waals surface area contributed by atoms with Crippen LogP contribution in [0.15, 0.2) is 0 Å². The topological polar surface area (TPSA) is 51.8 Å². The Morgan fingerprint density at radius 2 is 1.58 bits per heavy atom. The van der Waals surface area contributed by atoms with Gasteiger partial charge >= 0.3 is 0 Å². The van der Waals surface area contributed by atoms with E-state index in [1.807, 2.05) is 20.8 Å². The number of aryl methyl sites for hydroxylation is 2. The lowest BCUT2D eigenvalue weighted by Crippen LogP contribution is -2.09. The Morgan fingerprint density at radius 3 is 2.00 bits per heavy atom. The number of hydrogen-bond donors (Lipinski definition) is 1. The van der Waals surface area contributed by atoms with E-state index >= 15 is 0 Å². The Balaban J connectivity index is 3.04. The van der Waals surface area contributed by atoms with Crippen molar-refractivity contribution in [1.82, 2.24) is 9.97 Å². The van der Waals surface area contributed by atoms with Crippen LogP contribution in [0.2, 0.25) is 0 Å². The summed E-state index contributed by atoms with van der Waals surface area (Å²) in [5.74, 6) is 0.859. The minimum Gasteiger partial charge on any atom is -0.330 e. The zero-order chi connectivity index (χ0) is 9.14. The van der Waals surface area contributed by atoms with Crippen LogP contribution in [0.5, 0.6) is 0 Å². The normalized spacial score (nSPS) is 10.3. The Bertz CT molecular complexity index is 258. The lowest BCUT2D eigenvalue weighted by atomic mass is 10.2. The first kappa shape index (κ1) is 9.13. The summed E-state index contributed by atoms with van der Waals surface area (Å²) in [7, 11) is 0. The van der Waals surface area contributed by atoms with Crippen LogP contribution >= 0.6 is 0 Å². The van der Waals surface area contributed by atoms with Crippen LogP contribution in [0, 0.1) is 20.8 Å². The van der Waals surface area contributed by atoms with E-state index in [4.69, 9.17) is 5.73 Å². The second-order valence-corrected chi connectivity index (χ2v) is 2.97. The van der Waals surface area contributed by atoms with Gasteiger partial charge in [0.2, 0.25) is 0 Å². The third kappa shape index (κ3) is 1.80. The molecule has 2 N–H and O–H groups in total. The van der Waals surface area contributed by atoms with Gasteiger partial charge in [-0.05, 0) is 32.9 Å². The molecule has 1 heterocycles. The van der Waals surface area contributed by atoms with Crippen molar-refractivity contribution in [2.45, 2.75) is 27.2 Å². The Morgan fingerprint density at radius 1 is 1.08 bits per heavy atom. The molecular weight excluding hydrogens is 150 g/mol. The van der Waals surface area contributed by atoms with Gasteiger partial charge in [-0.3, -0.25) is 0 Å². The molecule has 0 fully saturated rings. The molecule has 0 bridgehead atoms. The van der Waals surface area contributed by atoms with E-state index in [-0.39, 0.29) is 0 Å². The van der Waals surface area contributed by atoms with E-state index < -0.39 is 0 Å². The van der Waals surface area contributed by atoms with Gasteiger partial charge in [0.15, 0.2) is 0 Å². The van der Waals surface area contributed by atoms with Gasteiger partial charge in [-0.1, -0.05) is 0 Å². The van der Waals surface area contributed by atoms with E-state index in [1.165, 1.54) is 5.56 Å². The zero-order valence-corrected chi connectivity index (χ0v) is 7.89. The summed E-state index contributed by atoms with van der Waals surface area (Å²) in [6.07, 6.45) is 0.766. The van der Waals surface area contributed by atoms with Crippen LogP contribution in [-0.4, -0.2) is 16.5 Å². The van der Waals surface area contributed by atoms with E-state index in [2.05, 4.69) is 9.97 Å². The summed E-state index contributed by atoms with van der Waals surface area (Å²) in [6.45, 7) is 6.66. The zero-order valence-electron chi connectivity index (χ0n) is 7.89. The Hall–Kier alpha value is -0.960. The predicted molar refractivity (Wildman–Crippen MR) is 49.0 cm³/mol. The van der Waals surface area contributed by atoms with Crippen LogP contribution in [0.1, 0.15) is 22.8 Å². The molecule has 0 radical (unpaired) electrons. The Kier molecular flexibility index (Phi) is 2.76. The molecule has 0 saturated carbocycles. The Labute approximate surface area is 73.0 Å². The molecule has 0 aliphatic carbocycles. The van der Waals surface area contributed by atoms with Crippen LogP contribution in [0.25, 0.3) is 0 Å². The monoisotopic (exact) mass is 165 g/mol. The second kappa shape index (κ2) is 3.63. The van der Waals surface area contributed by atoms with Crippen molar-refractivity contribution in [3.8, 4) is 0 Å². The minimum absolute atomic E-state index is 0.613. The van der Waals surface area contributed by atoms with Crippen molar-refractivity contribution < 1.29 is 0 Å². The molecule has 1 rings (SSSR count). The molecular formula is C9H15N3. The van der Waals surface area contributed by atoms with E-state index in [9.17, 15) is 0 Å². The molecule has 3 nitrogen and oxygen atoms in total. The van der Waals surface area contributed by atoms with E-state index in [1.54, 1.807) is 0 Å². The molecule has 0 saturated heterocycles. The maximum absolute atomic E-state index is 5.42. The van der Waals surface area contributed by atoms with Crippen molar-refractivity contribution in [1.29, 1.82) is 0 Å². The van der Waals surface area contributed by atoms with Crippen LogP contribution in [0.4, 0.5) is 0 Å². The third-order valence-electron chi connectivity index (χ3n) is 2.05. The molecule has 0 atom stereocenters. The summed E-state index contributed by atoms with van der Waals surface area (Å²) in [5, 5.41) is 0. The molecule has 12 heavy (non-hydrogen) atoms. The van der Waals surface area contributed by atoms with Gasteiger partial charge in [0.25, 0.3) is 0 Å². The van der Waals surface area contributed by atoms with Gasteiger partial charge < -0.3 is 5.73 Å². The highest BCUT2D eigenvalue weighted by atomic mass is 14.9.